The standard InChI is InChI=1S/C24H27N5O3S.H2S/c1-32-20-6-3-11-29(14-20)19-5-2-4-17(12-19)21-15-33-24(27-21)28-22(30)13-26-23(31)16-7-9-18(25)10-8-16;/h2,4-5,7-10,12,15,20H,3,6,11,13-14,25H2,1H3,(H,26,31)(H,27,28,30);1H2/t20-;/m0./s1. The molecule has 8 nitrogen and oxygen atoms in total. The van der Waals surface area contributed by atoms with Crippen molar-refractivity contribution in [3.05, 3.63) is 59.5 Å². The number of benzene rings is 2. The van der Waals surface area contributed by atoms with E-state index in [1.807, 2.05) is 17.5 Å². The van der Waals surface area contributed by atoms with Crippen LogP contribution >= 0.6 is 24.8 Å². The van der Waals surface area contributed by atoms with Crippen molar-refractivity contribution >= 4 is 53.2 Å². The van der Waals surface area contributed by atoms with E-state index in [1.165, 1.54) is 11.3 Å². The summed E-state index contributed by atoms with van der Waals surface area (Å²) in [7, 11) is 1.76. The number of nitrogens with two attached hydrogens (primary N) is 1. The van der Waals surface area contributed by atoms with Crippen molar-refractivity contribution in [1.82, 2.24) is 10.3 Å². The van der Waals surface area contributed by atoms with E-state index >= 15 is 0 Å². The molecule has 0 bridgehead atoms. The maximum Gasteiger partial charge on any atom is 0.251 e. The smallest absolute Gasteiger partial charge is 0.251 e. The average Bonchev–Trinajstić information content (AvgIpc) is 3.31. The first-order valence-corrected chi connectivity index (χ1v) is 11.7. The summed E-state index contributed by atoms with van der Waals surface area (Å²) in [5, 5.41) is 7.74. The summed E-state index contributed by atoms with van der Waals surface area (Å²) in [5.41, 5.74) is 9.56. The Balaban J connectivity index is 0.00000324. The third-order valence-corrected chi connectivity index (χ3v) is 6.31. The van der Waals surface area contributed by atoms with Crippen molar-refractivity contribution in [1.29, 1.82) is 0 Å². The van der Waals surface area contributed by atoms with Crippen LogP contribution in [0.3, 0.4) is 0 Å². The van der Waals surface area contributed by atoms with Crippen LogP contribution in [-0.4, -0.2) is 49.6 Å². The number of nitrogens with zero attached hydrogens (tertiary/aromatic N) is 2. The Labute approximate surface area is 210 Å². The molecule has 10 heteroatoms. The van der Waals surface area contributed by atoms with Gasteiger partial charge in [-0.05, 0) is 49.2 Å². The van der Waals surface area contributed by atoms with Crippen LogP contribution in [0.2, 0.25) is 0 Å². The summed E-state index contributed by atoms with van der Waals surface area (Å²) in [5.74, 6) is -0.678. The second-order valence-electron chi connectivity index (χ2n) is 7.89. The van der Waals surface area contributed by atoms with Crippen LogP contribution in [0.5, 0.6) is 0 Å². The SMILES string of the molecule is CO[C@H]1CCCN(c2cccc(-c3csc(NC(=O)CNC(=O)c4ccc(N)cc4)n3)c2)C1.S. The number of methoxy groups -OCH3 is 1. The molecule has 2 amide bonds. The van der Waals surface area contributed by atoms with Gasteiger partial charge in [-0.15, -0.1) is 11.3 Å². The Bertz CT molecular complexity index is 1120. The lowest BCUT2D eigenvalue weighted by atomic mass is 10.1. The molecule has 2 heterocycles. The summed E-state index contributed by atoms with van der Waals surface area (Å²) in [6, 6.07) is 14.8. The molecule has 1 aromatic heterocycles. The maximum atomic E-state index is 12.3. The number of rotatable bonds is 7. The van der Waals surface area contributed by atoms with Gasteiger partial charge >= 0.3 is 0 Å². The number of aromatic nitrogens is 1. The van der Waals surface area contributed by atoms with Gasteiger partial charge in [-0.3, -0.25) is 9.59 Å². The topological polar surface area (TPSA) is 110 Å². The minimum absolute atomic E-state index is 0. The van der Waals surface area contributed by atoms with E-state index < -0.39 is 0 Å². The largest absolute Gasteiger partial charge is 0.399 e. The molecular formula is C24H29N5O3S2. The van der Waals surface area contributed by atoms with Crippen LogP contribution in [-0.2, 0) is 9.53 Å². The van der Waals surface area contributed by atoms with Crippen LogP contribution < -0.4 is 21.3 Å². The van der Waals surface area contributed by atoms with E-state index in [4.69, 9.17) is 10.5 Å². The number of amides is 2. The highest BCUT2D eigenvalue weighted by molar-refractivity contribution is 7.59. The number of thiazole rings is 1. The third-order valence-electron chi connectivity index (χ3n) is 5.55. The van der Waals surface area contributed by atoms with Crippen LogP contribution in [0, 0.1) is 0 Å². The van der Waals surface area contributed by atoms with Gasteiger partial charge in [0.05, 0.1) is 18.3 Å². The molecule has 1 aliphatic heterocycles. The van der Waals surface area contributed by atoms with Crippen LogP contribution in [0.4, 0.5) is 16.5 Å². The first-order chi connectivity index (χ1) is 16.0. The lowest BCUT2D eigenvalue weighted by Gasteiger charge is -2.33. The third kappa shape index (κ3) is 6.49. The van der Waals surface area contributed by atoms with Crippen molar-refractivity contribution in [2.24, 2.45) is 0 Å². The Morgan fingerprint density at radius 3 is 2.79 bits per heavy atom. The highest BCUT2D eigenvalue weighted by atomic mass is 32.1. The van der Waals surface area contributed by atoms with E-state index in [-0.39, 0.29) is 38.0 Å². The summed E-state index contributed by atoms with van der Waals surface area (Å²) < 4.78 is 5.54. The predicted molar refractivity (Wildman–Crippen MR) is 142 cm³/mol. The first kappa shape index (κ1) is 25.5. The molecule has 1 aliphatic rings. The summed E-state index contributed by atoms with van der Waals surface area (Å²) in [6.07, 6.45) is 2.44. The molecule has 3 aromatic rings. The fraction of sp³-hybridized carbons (Fsp3) is 0.292. The highest BCUT2D eigenvalue weighted by Gasteiger charge is 2.20. The molecule has 180 valence electrons. The van der Waals surface area contributed by atoms with Gasteiger partial charge in [0.25, 0.3) is 5.91 Å². The fourth-order valence-electron chi connectivity index (χ4n) is 3.75. The number of nitrogens with one attached hydrogen (secondary N) is 2. The Morgan fingerprint density at radius 2 is 2.03 bits per heavy atom. The Kier molecular flexibility index (Phi) is 8.91. The summed E-state index contributed by atoms with van der Waals surface area (Å²) in [4.78, 5) is 31.3. The van der Waals surface area contributed by atoms with Crippen LogP contribution in [0.1, 0.15) is 23.2 Å². The second-order valence-corrected chi connectivity index (χ2v) is 8.75. The van der Waals surface area contributed by atoms with Gasteiger partial charge in [0.2, 0.25) is 5.91 Å². The van der Waals surface area contributed by atoms with Crippen molar-refractivity contribution in [3.63, 3.8) is 0 Å². The van der Waals surface area contributed by atoms with E-state index in [0.717, 1.165) is 42.9 Å². The lowest BCUT2D eigenvalue weighted by Crippen LogP contribution is -2.39. The van der Waals surface area contributed by atoms with Crippen molar-refractivity contribution in [3.8, 4) is 11.3 Å². The maximum absolute atomic E-state index is 12.3. The quantitative estimate of drug-likeness (QED) is 0.430. The number of hydrogen-bond donors (Lipinski definition) is 3. The van der Waals surface area contributed by atoms with Gasteiger partial charge in [0.1, 0.15) is 0 Å². The van der Waals surface area contributed by atoms with Crippen molar-refractivity contribution < 1.29 is 14.3 Å². The van der Waals surface area contributed by atoms with Gasteiger partial charge in [0.15, 0.2) is 5.13 Å². The number of ether oxygens (including phenoxy) is 1. The molecule has 0 unspecified atom stereocenters. The zero-order chi connectivity index (χ0) is 23.2. The van der Waals surface area contributed by atoms with Crippen molar-refractivity contribution in [2.45, 2.75) is 18.9 Å². The molecule has 2 aromatic carbocycles. The van der Waals surface area contributed by atoms with Crippen LogP contribution in [0.15, 0.2) is 53.9 Å². The molecule has 0 saturated carbocycles. The molecule has 34 heavy (non-hydrogen) atoms. The summed E-state index contributed by atoms with van der Waals surface area (Å²) >= 11 is 1.35. The molecule has 1 atom stereocenters. The van der Waals surface area contributed by atoms with Gasteiger partial charge in [0, 0.05) is 48.1 Å². The van der Waals surface area contributed by atoms with Crippen LogP contribution in [0.25, 0.3) is 11.3 Å². The number of carbonyl (C=O) groups is 2. The van der Waals surface area contributed by atoms with Gasteiger partial charge in [-0.25, -0.2) is 4.98 Å². The van der Waals surface area contributed by atoms with E-state index in [9.17, 15) is 9.59 Å². The number of hydrogen-bond acceptors (Lipinski definition) is 7. The minimum Gasteiger partial charge on any atom is -0.399 e. The van der Waals surface area contributed by atoms with E-state index in [2.05, 4.69) is 32.7 Å². The zero-order valence-corrected chi connectivity index (χ0v) is 20.7. The summed E-state index contributed by atoms with van der Waals surface area (Å²) in [6.45, 7) is 1.73. The molecule has 0 spiro atoms. The fourth-order valence-corrected chi connectivity index (χ4v) is 4.49. The van der Waals surface area contributed by atoms with Crippen molar-refractivity contribution in [2.75, 3.05) is 42.7 Å². The Morgan fingerprint density at radius 1 is 1.24 bits per heavy atom. The predicted octanol–water partition coefficient (Wildman–Crippen LogP) is 3.49. The zero-order valence-electron chi connectivity index (χ0n) is 18.9. The number of nitrogen functional groups attached to an aromatic ring is 1. The van der Waals surface area contributed by atoms with E-state index in [1.54, 1.807) is 31.4 Å². The monoisotopic (exact) mass is 499 g/mol. The molecule has 1 fully saturated rings. The Hall–Kier alpha value is -3.08. The normalized spacial score (nSPS) is 15.3. The second kappa shape index (κ2) is 11.9. The highest BCUT2D eigenvalue weighted by Crippen LogP contribution is 2.29. The number of piperidine rings is 1. The molecule has 1 saturated heterocycles. The lowest BCUT2D eigenvalue weighted by molar-refractivity contribution is -0.115. The average molecular weight is 500 g/mol. The van der Waals surface area contributed by atoms with Gasteiger partial charge < -0.3 is 26.0 Å². The van der Waals surface area contributed by atoms with Gasteiger partial charge in [-0.2, -0.15) is 13.5 Å². The first-order valence-electron chi connectivity index (χ1n) is 10.8. The molecule has 0 aliphatic carbocycles. The molecule has 0 radical (unpaired) electrons. The molecular weight excluding hydrogens is 470 g/mol. The number of anilines is 3. The van der Waals surface area contributed by atoms with E-state index in [0.29, 0.717) is 16.4 Å². The molecule has 4 N–H and O–H groups in total. The minimum atomic E-state index is -0.340. The number of carbonyl (C=O) groups excluding carboxylic acids is 2. The van der Waals surface area contributed by atoms with Gasteiger partial charge in [-0.1, -0.05) is 12.1 Å². The molecule has 4 rings (SSSR count).